The van der Waals surface area contributed by atoms with Crippen LogP contribution in [-0.2, 0) is 6.42 Å². The van der Waals surface area contributed by atoms with Crippen LogP contribution < -0.4 is 5.32 Å². The number of amides is 1. The maximum Gasteiger partial charge on any atom is 0.263 e. The number of aromatic nitrogens is 1. The van der Waals surface area contributed by atoms with E-state index in [1.807, 2.05) is 0 Å². The molecule has 4 nitrogen and oxygen atoms in total. The maximum atomic E-state index is 12.0. The summed E-state index contributed by atoms with van der Waals surface area (Å²) >= 11 is 1.45. The highest BCUT2D eigenvalue weighted by Crippen LogP contribution is 2.20. The van der Waals surface area contributed by atoms with E-state index < -0.39 is 6.10 Å². The molecule has 1 aliphatic carbocycles. The molecule has 1 fully saturated rings. The Morgan fingerprint density at radius 3 is 3.06 bits per heavy atom. The lowest BCUT2D eigenvalue weighted by atomic mass is 9.92. The molecule has 2 atom stereocenters. The number of hydrogen-bond donors (Lipinski definition) is 2. The largest absolute Gasteiger partial charge is 0.391 e. The summed E-state index contributed by atoms with van der Waals surface area (Å²) in [7, 11) is 0. The third-order valence-electron chi connectivity index (χ3n) is 3.29. The van der Waals surface area contributed by atoms with Crippen molar-refractivity contribution in [2.75, 3.05) is 0 Å². The second kappa shape index (κ2) is 6.29. The molecule has 0 spiro atoms. The van der Waals surface area contributed by atoms with Crippen LogP contribution in [0.5, 0.6) is 0 Å². The second-order valence-electron chi connectivity index (χ2n) is 4.80. The molecule has 2 unspecified atom stereocenters. The molecule has 1 aromatic rings. The molecule has 18 heavy (non-hydrogen) atoms. The Labute approximate surface area is 111 Å². The number of aliphatic hydroxyl groups is 1. The number of aliphatic hydroxyl groups excluding tert-OH is 1. The van der Waals surface area contributed by atoms with E-state index >= 15 is 0 Å². The molecule has 1 aromatic heterocycles. The summed E-state index contributed by atoms with van der Waals surface area (Å²) in [5.74, 6) is -0.0965. The summed E-state index contributed by atoms with van der Waals surface area (Å²) in [6.45, 7) is 2.10. The first-order valence-electron chi connectivity index (χ1n) is 6.64. The van der Waals surface area contributed by atoms with Gasteiger partial charge in [-0.2, -0.15) is 0 Å². The Morgan fingerprint density at radius 1 is 1.56 bits per heavy atom. The van der Waals surface area contributed by atoms with Gasteiger partial charge in [0.25, 0.3) is 5.91 Å². The van der Waals surface area contributed by atoms with Gasteiger partial charge in [-0.25, -0.2) is 4.98 Å². The molecule has 100 valence electrons. The average molecular weight is 268 g/mol. The molecule has 0 saturated heterocycles. The van der Waals surface area contributed by atoms with E-state index in [-0.39, 0.29) is 11.9 Å². The molecule has 1 aliphatic rings. The van der Waals surface area contributed by atoms with Gasteiger partial charge in [-0.15, -0.1) is 11.3 Å². The van der Waals surface area contributed by atoms with E-state index in [1.165, 1.54) is 11.3 Å². The number of thiazole rings is 1. The van der Waals surface area contributed by atoms with Gasteiger partial charge in [-0.1, -0.05) is 19.8 Å². The quantitative estimate of drug-likeness (QED) is 0.879. The van der Waals surface area contributed by atoms with Crippen molar-refractivity contribution in [2.45, 2.75) is 57.6 Å². The predicted octanol–water partition coefficient (Wildman–Crippen LogP) is 2.13. The van der Waals surface area contributed by atoms with E-state index in [4.69, 9.17) is 0 Å². The van der Waals surface area contributed by atoms with Gasteiger partial charge >= 0.3 is 0 Å². The monoisotopic (exact) mass is 268 g/mol. The van der Waals surface area contributed by atoms with E-state index in [2.05, 4.69) is 17.2 Å². The standard InChI is InChI=1S/C13H20N2O2S/c1-2-5-12-14-8-11(18-12)13(17)15-9-6-3-4-7-10(9)16/h8-10,16H,2-7H2,1H3,(H,15,17). The summed E-state index contributed by atoms with van der Waals surface area (Å²) in [6.07, 6.45) is 6.98. The normalized spacial score (nSPS) is 23.9. The van der Waals surface area contributed by atoms with E-state index in [9.17, 15) is 9.90 Å². The molecule has 2 N–H and O–H groups in total. The van der Waals surface area contributed by atoms with Crippen molar-refractivity contribution in [1.29, 1.82) is 0 Å². The molecule has 0 aliphatic heterocycles. The Hall–Kier alpha value is -0.940. The van der Waals surface area contributed by atoms with Crippen molar-refractivity contribution in [3.8, 4) is 0 Å². The number of hydrogen-bond acceptors (Lipinski definition) is 4. The third-order valence-corrected chi connectivity index (χ3v) is 4.34. The lowest BCUT2D eigenvalue weighted by Gasteiger charge is -2.28. The van der Waals surface area contributed by atoms with E-state index in [0.717, 1.165) is 43.5 Å². The van der Waals surface area contributed by atoms with Crippen molar-refractivity contribution >= 4 is 17.2 Å². The Morgan fingerprint density at radius 2 is 2.33 bits per heavy atom. The summed E-state index contributed by atoms with van der Waals surface area (Å²) < 4.78 is 0. The first-order chi connectivity index (χ1) is 8.70. The third kappa shape index (κ3) is 3.29. The molecular formula is C13H20N2O2S. The molecule has 1 heterocycles. The smallest absolute Gasteiger partial charge is 0.263 e. The molecule has 0 radical (unpaired) electrons. The molecule has 0 aromatic carbocycles. The maximum absolute atomic E-state index is 12.0. The Bertz CT molecular complexity index is 405. The summed E-state index contributed by atoms with van der Waals surface area (Å²) in [5, 5.41) is 13.8. The molecular weight excluding hydrogens is 248 g/mol. The molecule has 2 rings (SSSR count). The number of carbonyl (C=O) groups is 1. The lowest BCUT2D eigenvalue weighted by molar-refractivity contribution is 0.0720. The number of nitrogens with zero attached hydrogens (tertiary/aromatic N) is 1. The van der Waals surface area contributed by atoms with Crippen LogP contribution in [0.15, 0.2) is 6.20 Å². The highest BCUT2D eigenvalue weighted by atomic mass is 32.1. The van der Waals surface area contributed by atoms with Crippen molar-refractivity contribution in [1.82, 2.24) is 10.3 Å². The van der Waals surface area contributed by atoms with Crippen LogP contribution in [0.3, 0.4) is 0 Å². The number of nitrogens with one attached hydrogen (secondary N) is 1. The van der Waals surface area contributed by atoms with Gasteiger partial charge in [0, 0.05) is 0 Å². The first-order valence-corrected chi connectivity index (χ1v) is 7.46. The SMILES string of the molecule is CCCc1ncc(C(=O)NC2CCCCC2O)s1. The van der Waals surface area contributed by atoms with E-state index in [0.29, 0.717) is 4.88 Å². The predicted molar refractivity (Wildman–Crippen MR) is 71.8 cm³/mol. The molecule has 1 amide bonds. The van der Waals surface area contributed by atoms with Gasteiger partial charge in [-0.05, 0) is 25.7 Å². The number of carbonyl (C=O) groups excluding carboxylic acids is 1. The topological polar surface area (TPSA) is 62.2 Å². The minimum Gasteiger partial charge on any atom is -0.391 e. The molecule has 0 bridgehead atoms. The van der Waals surface area contributed by atoms with Crippen LogP contribution in [0, 0.1) is 0 Å². The summed E-state index contributed by atoms with van der Waals surface area (Å²) in [6, 6.07) is -0.0945. The van der Waals surface area contributed by atoms with Crippen LogP contribution in [0.4, 0.5) is 0 Å². The molecule has 5 heteroatoms. The zero-order valence-electron chi connectivity index (χ0n) is 10.7. The van der Waals surface area contributed by atoms with Crippen molar-refractivity contribution in [2.24, 2.45) is 0 Å². The zero-order chi connectivity index (χ0) is 13.0. The van der Waals surface area contributed by atoms with Crippen molar-refractivity contribution in [3.63, 3.8) is 0 Å². The highest BCUT2D eigenvalue weighted by molar-refractivity contribution is 7.13. The minimum absolute atomic E-state index is 0.0945. The lowest BCUT2D eigenvalue weighted by Crippen LogP contribution is -2.44. The van der Waals surface area contributed by atoms with Crippen molar-refractivity contribution in [3.05, 3.63) is 16.1 Å². The summed E-state index contributed by atoms with van der Waals surface area (Å²) in [4.78, 5) is 16.9. The van der Waals surface area contributed by atoms with Gasteiger partial charge < -0.3 is 10.4 Å². The summed E-state index contributed by atoms with van der Waals surface area (Å²) in [5.41, 5.74) is 0. The van der Waals surface area contributed by atoms with Crippen LogP contribution >= 0.6 is 11.3 Å². The van der Waals surface area contributed by atoms with Crippen LogP contribution in [0.1, 0.15) is 53.7 Å². The van der Waals surface area contributed by atoms with Gasteiger partial charge in [-0.3, -0.25) is 4.79 Å². The first kappa shape index (κ1) is 13.5. The van der Waals surface area contributed by atoms with Crippen LogP contribution in [0.25, 0.3) is 0 Å². The van der Waals surface area contributed by atoms with Gasteiger partial charge in [0.2, 0.25) is 0 Å². The minimum atomic E-state index is -0.397. The Balaban J connectivity index is 1.93. The van der Waals surface area contributed by atoms with Crippen LogP contribution in [-0.4, -0.2) is 28.1 Å². The van der Waals surface area contributed by atoms with Crippen LogP contribution in [0.2, 0.25) is 0 Å². The zero-order valence-corrected chi connectivity index (χ0v) is 11.5. The fourth-order valence-corrected chi connectivity index (χ4v) is 3.19. The molecule has 1 saturated carbocycles. The number of aryl methyl sites for hydroxylation is 1. The van der Waals surface area contributed by atoms with Gasteiger partial charge in [0.1, 0.15) is 4.88 Å². The fraction of sp³-hybridized carbons (Fsp3) is 0.692. The van der Waals surface area contributed by atoms with Gasteiger partial charge in [0.15, 0.2) is 0 Å². The fourth-order valence-electron chi connectivity index (χ4n) is 2.26. The Kier molecular flexibility index (Phi) is 4.72. The van der Waals surface area contributed by atoms with Crippen molar-refractivity contribution < 1.29 is 9.90 Å². The second-order valence-corrected chi connectivity index (χ2v) is 5.92. The average Bonchev–Trinajstić information content (AvgIpc) is 2.81. The van der Waals surface area contributed by atoms with Gasteiger partial charge in [0.05, 0.1) is 23.4 Å². The highest BCUT2D eigenvalue weighted by Gasteiger charge is 2.25. The number of rotatable bonds is 4. The van der Waals surface area contributed by atoms with E-state index in [1.54, 1.807) is 6.20 Å².